The van der Waals surface area contributed by atoms with Gasteiger partial charge in [0.25, 0.3) is 5.91 Å². The maximum Gasteiger partial charge on any atom is 0.272 e. The Morgan fingerprint density at radius 2 is 2.26 bits per heavy atom. The predicted octanol–water partition coefficient (Wildman–Crippen LogP) is 0.420. The Morgan fingerprint density at radius 3 is 3.11 bits per heavy atom. The highest BCUT2D eigenvalue weighted by molar-refractivity contribution is 5.94. The third-order valence-electron chi connectivity index (χ3n) is 4.54. The summed E-state index contributed by atoms with van der Waals surface area (Å²) in [5, 5.41) is 13.4. The molecule has 1 unspecified atom stereocenters. The molecule has 0 aromatic carbocycles. The van der Waals surface area contributed by atoms with Crippen LogP contribution < -0.4 is 0 Å². The Kier molecular flexibility index (Phi) is 4.82. The summed E-state index contributed by atoms with van der Waals surface area (Å²) in [6.07, 6.45) is 1.52. The van der Waals surface area contributed by atoms with Gasteiger partial charge < -0.3 is 18.9 Å². The molecular weight excluding hydrogens is 350 g/mol. The number of hydrogen-bond donors (Lipinski definition) is 0. The van der Waals surface area contributed by atoms with Crippen molar-refractivity contribution in [1.29, 1.82) is 0 Å². The number of hydrogen-bond acceptors (Lipinski definition) is 7. The van der Waals surface area contributed by atoms with Crippen LogP contribution in [0.1, 0.15) is 22.4 Å². The van der Waals surface area contributed by atoms with Crippen LogP contribution in [0.15, 0.2) is 24.4 Å². The van der Waals surface area contributed by atoms with Crippen LogP contribution in [0.3, 0.4) is 0 Å². The number of amides is 1. The second kappa shape index (κ2) is 7.41. The van der Waals surface area contributed by atoms with E-state index in [1.807, 2.05) is 29.9 Å². The van der Waals surface area contributed by atoms with Crippen LogP contribution >= 0.6 is 0 Å². The summed E-state index contributed by atoms with van der Waals surface area (Å²) < 4.78 is 12.7. The predicted molar refractivity (Wildman–Crippen MR) is 95.0 cm³/mol. The van der Waals surface area contributed by atoms with Gasteiger partial charge in [0.05, 0.1) is 26.3 Å². The molecule has 27 heavy (non-hydrogen) atoms. The molecule has 1 saturated heterocycles. The molecule has 1 fully saturated rings. The Bertz CT molecular complexity index is 951. The molecule has 1 aliphatic rings. The van der Waals surface area contributed by atoms with Crippen LogP contribution in [-0.4, -0.2) is 74.0 Å². The Hall–Kier alpha value is -2.85. The van der Waals surface area contributed by atoms with E-state index in [0.717, 1.165) is 11.0 Å². The van der Waals surface area contributed by atoms with E-state index >= 15 is 0 Å². The third kappa shape index (κ3) is 3.53. The minimum atomic E-state index is -0.405. The number of ether oxygens (including phenoxy) is 2. The van der Waals surface area contributed by atoms with Gasteiger partial charge in [0.2, 0.25) is 5.82 Å². The van der Waals surface area contributed by atoms with Crippen molar-refractivity contribution in [3.63, 3.8) is 0 Å². The molecule has 0 bridgehead atoms. The lowest BCUT2D eigenvalue weighted by Crippen LogP contribution is -2.42. The smallest absolute Gasteiger partial charge is 0.272 e. The van der Waals surface area contributed by atoms with Crippen molar-refractivity contribution < 1.29 is 14.3 Å². The van der Waals surface area contributed by atoms with Crippen molar-refractivity contribution in [2.45, 2.75) is 12.6 Å². The number of aromatic nitrogens is 6. The van der Waals surface area contributed by atoms with Crippen molar-refractivity contribution in [3.8, 4) is 0 Å². The van der Waals surface area contributed by atoms with E-state index in [4.69, 9.17) is 9.47 Å². The number of nitrogens with zero attached hydrogens (tertiary/aromatic N) is 7. The van der Waals surface area contributed by atoms with Crippen molar-refractivity contribution in [3.05, 3.63) is 35.9 Å². The van der Waals surface area contributed by atoms with Crippen LogP contribution in [0.2, 0.25) is 0 Å². The molecule has 1 atom stereocenters. The largest absolute Gasteiger partial charge is 0.383 e. The van der Waals surface area contributed by atoms with Crippen LogP contribution in [0, 0.1) is 0 Å². The number of rotatable bonds is 5. The molecule has 10 nitrogen and oxygen atoms in total. The molecule has 142 valence electrons. The summed E-state index contributed by atoms with van der Waals surface area (Å²) in [5.74, 6) is 0.340. The Labute approximate surface area is 155 Å². The highest BCUT2D eigenvalue weighted by Gasteiger charge is 2.29. The number of carbonyl (C=O) groups excluding carboxylic acids is 1. The molecule has 0 aliphatic carbocycles. The number of carbonyl (C=O) groups is 1. The van der Waals surface area contributed by atoms with Gasteiger partial charge in [-0.15, -0.1) is 10.2 Å². The first-order valence-corrected chi connectivity index (χ1v) is 8.75. The number of fused-ring (bicyclic) bond motifs is 1. The summed E-state index contributed by atoms with van der Waals surface area (Å²) in [4.78, 5) is 20.6. The highest BCUT2D eigenvalue weighted by atomic mass is 16.5. The Morgan fingerprint density at radius 1 is 1.37 bits per heavy atom. The van der Waals surface area contributed by atoms with Gasteiger partial charge in [0.15, 0.2) is 0 Å². The average molecular weight is 371 g/mol. The summed E-state index contributed by atoms with van der Waals surface area (Å²) in [6, 6.07) is 5.64. The molecular formula is C17H21N7O3. The first-order chi connectivity index (χ1) is 13.2. The fourth-order valence-electron chi connectivity index (χ4n) is 3.06. The highest BCUT2D eigenvalue weighted by Crippen LogP contribution is 2.21. The SMILES string of the molecule is COCCn1nnc(C2CN(C(=O)c3ccc4ccn(C)c4n3)CCO2)n1. The molecule has 3 aromatic heterocycles. The molecule has 0 N–H and O–H groups in total. The van der Waals surface area contributed by atoms with Gasteiger partial charge >= 0.3 is 0 Å². The molecule has 0 saturated carbocycles. The number of aryl methyl sites for hydroxylation is 1. The monoisotopic (exact) mass is 371 g/mol. The lowest BCUT2D eigenvalue weighted by molar-refractivity contribution is -0.0271. The zero-order valence-corrected chi connectivity index (χ0v) is 15.3. The van der Waals surface area contributed by atoms with E-state index < -0.39 is 6.10 Å². The van der Waals surface area contributed by atoms with Gasteiger partial charge in [0, 0.05) is 32.3 Å². The summed E-state index contributed by atoms with van der Waals surface area (Å²) in [7, 11) is 3.53. The Balaban J connectivity index is 1.49. The maximum absolute atomic E-state index is 12.9. The van der Waals surface area contributed by atoms with Gasteiger partial charge in [-0.1, -0.05) is 0 Å². The van der Waals surface area contributed by atoms with E-state index in [2.05, 4.69) is 20.4 Å². The van der Waals surface area contributed by atoms with Gasteiger partial charge in [0.1, 0.15) is 17.4 Å². The second-order valence-corrected chi connectivity index (χ2v) is 6.38. The zero-order valence-electron chi connectivity index (χ0n) is 15.3. The molecule has 1 aliphatic heterocycles. The zero-order chi connectivity index (χ0) is 18.8. The van der Waals surface area contributed by atoms with Crippen molar-refractivity contribution in [2.75, 3.05) is 33.4 Å². The molecule has 1 amide bonds. The quantitative estimate of drug-likeness (QED) is 0.641. The first-order valence-electron chi connectivity index (χ1n) is 8.75. The fraction of sp³-hybridized carbons (Fsp3) is 0.471. The standard InChI is InChI=1S/C17H21N7O3/c1-22-6-5-12-3-4-13(18-16(12)22)17(25)23-7-10-27-14(11-23)15-19-21-24(20-15)8-9-26-2/h3-6,14H,7-11H2,1-2H3. The van der Waals surface area contributed by atoms with E-state index in [0.29, 0.717) is 44.4 Å². The van der Waals surface area contributed by atoms with E-state index in [1.54, 1.807) is 18.1 Å². The van der Waals surface area contributed by atoms with Crippen LogP contribution in [0.4, 0.5) is 0 Å². The molecule has 0 spiro atoms. The lowest BCUT2D eigenvalue weighted by atomic mass is 10.2. The normalized spacial score (nSPS) is 17.6. The van der Waals surface area contributed by atoms with Crippen molar-refractivity contribution in [1.82, 2.24) is 34.7 Å². The van der Waals surface area contributed by atoms with Crippen LogP contribution in [-0.2, 0) is 23.1 Å². The van der Waals surface area contributed by atoms with E-state index in [-0.39, 0.29) is 5.91 Å². The topological polar surface area (TPSA) is 100 Å². The maximum atomic E-state index is 12.9. The molecule has 4 heterocycles. The number of morpholine rings is 1. The van der Waals surface area contributed by atoms with E-state index in [1.165, 1.54) is 4.80 Å². The van der Waals surface area contributed by atoms with Gasteiger partial charge in [-0.2, -0.15) is 4.80 Å². The van der Waals surface area contributed by atoms with Crippen LogP contribution in [0.5, 0.6) is 0 Å². The summed E-state index contributed by atoms with van der Waals surface area (Å²) >= 11 is 0. The fourth-order valence-corrected chi connectivity index (χ4v) is 3.06. The van der Waals surface area contributed by atoms with Gasteiger partial charge in [-0.25, -0.2) is 4.98 Å². The molecule has 0 radical (unpaired) electrons. The number of pyridine rings is 1. The van der Waals surface area contributed by atoms with E-state index in [9.17, 15) is 4.79 Å². The summed E-state index contributed by atoms with van der Waals surface area (Å²) in [5.41, 5.74) is 1.20. The summed E-state index contributed by atoms with van der Waals surface area (Å²) in [6.45, 7) is 2.29. The van der Waals surface area contributed by atoms with Crippen molar-refractivity contribution in [2.24, 2.45) is 7.05 Å². The molecule has 4 rings (SSSR count). The minimum Gasteiger partial charge on any atom is -0.383 e. The number of tetrazole rings is 1. The first kappa shape index (κ1) is 17.6. The third-order valence-corrected chi connectivity index (χ3v) is 4.54. The minimum absolute atomic E-state index is 0.127. The van der Waals surface area contributed by atoms with Gasteiger partial charge in [-0.05, 0) is 23.4 Å². The van der Waals surface area contributed by atoms with Crippen LogP contribution in [0.25, 0.3) is 11.0 Å². The second-order valence-electron chi connectivity index (χ2n) is 6.38. The molecule has 3 aromatic rings. The lowest BCUT2D eigenvalue weighted by Gasteiger charge is -2.31. The van der Waals surface area contributed by atoms with Crippen molar-refractivity contribution >= 4 is 16.9 Å². The van der Waals surface area contributed by atoms with Gasteiger partial charge in [-0.3, -0.25) is 4.79 Å². The molecule has 10 heteroatoms. The average Bonchev–Trinajstić information content (AvgIpc) is 3.33. The number of methoxy groups -OCH3 is 1.